The smallest absolute Gasteiger partial charge is 0.264 e. The molecule has 16 heavy (non-hydrogen) atoms. The first-order chi connectivity index (χ1) is 7.27. The van der Waals surface area contributed by atoms with Gasteiger partial charge >= 0.3 is 0 Å². The Hall–Kier alpha value is -1.21. The molecule has 0 aliphatic carbocycles. The third-order valence-electron chi connectivity index (χ3n) is 1.76. The molecule has 0 atom stereocenters. The van der Waals surface area contributed by atoms with Gasteiger partial charge in [0.15, 0.2) is 0 Å². The Bertz CT molecular complexity index is 544. The molecule has 0 bridgehead atoms. The predicted octanol–water partition coefficient (Wildman–Crippen LogP) is 1.25. The number of carbonyl (C=O) groups excluding carboxylic acids is 1. The Morgan fingerprint density at radius 2 is 1.88 bits per heavy atom. The number of benzene rings is 1. The zero-order valence-electron chi connectivity index (χ0n) is 7.92. The molecule has 1 amide bonds. The largest absolute Gasteiger partial charge is 0.355 e. The van der Waals surface area contributed by atoms with Crippen LogP contribution in [0.2, 0.25) is 0 Å². The lowest BCUT2D eigenvalue weighted by molar-refractivity contribution is 0.0958. The minimum absolute atomic E-state index is 0.292. The van der Waals surface area contributed by atoms with E-state index in [9.17, 15) is 22.0 Å². The summed E-state index contributed by atoms with van der Waals surface area (Å²) in [6.07, 6.45) is 0. The van der Waals surface area contributed by atoms with Crippen molar-refractivity contribution in [1.82, 2.24) is 5.32 Å². The number of hydrogen-bond donors (Lipinski definition) is 1. The third kappa shape index (κ3) is 2.48. The van der Waals surface area contributed by atoms with E-state index in [4.69, 9.17) is 10.7 Å². The summed E-state index contributed by atoms with van der Waals surface area (Å²) in [6.45, 7) is 0. The molecule has 1 rings (SSSR count). The van der Waals surface area contributed by atoms with Crippen molar-refractivity contribution in [1.29, 1.82) is 0 Å². The van der Waals surface area contributed by atoms with E-state index in [-0.39, 0.29) is 0 Å². The van der Waals surface area contributed by atoms with Crippen LogP contribution in [-0.4, -0.2) is 21.4 Å². The van der Waals surface area contributed by atoms with E-state index in [0.717, 1.165) is 0 Å². The van der Waals surface area contributed by atoms with Crippen LogP contribution in [0.3, 0.4) is 0 Å². The van der Waals surface area contributed by atoms with Gasteiger partial charge in [-0.1, -0.05) is 0 Å². The van der Waals surface area contributed by atoms with E-state index in [1.54, 1.807) is 0 Å². The molecule has 0 saturated carbocycles. The zero-order valence-corrected chi connectivity index (χ0v) is 9.49. The van der Waals surface area contributed by atoms with E-state index >= 15 is 0 Å². The van der Waals surface area contributed by atoms with Gasteiger partial charge < -0.3 is 5.32 Å². The molecule has 1 aromatic carbocycles. The van der Waals surface area contributed by atoms with Crippen molar-refractivity contribution in [3.63, 3.8) is 0 Å². The summed E-state index contributed by atoms with van der Waals surface area (Å²) in [4.78, 5) is 10.2. The highest BCUT2D eigenvalue weighted by Crippen LogP contribution is 2.22. The van der Waals surface area contributed by atoms with Gasteiger partial charge in [0, 0.05) is 23.8 Å². The number of hydrogen-bond acceptors (Lipinski definition) is 3. The SMILES string of the molecule is CNC(=O)c1cc(S(=O)(=O)Cl)c(F)cc1F. The van der Waals surface area contributed by atoms with Crippen LogP contribution >= 0.6 is 10.7 Å². The first-order valence-corrected chi connectivity index (χ1v) is 6.24. The standard InChI is InChI=1S/C8H6ClF2NO3S/c1-12-8(13)4-2-7(16(9,14)15)6(11)3-5(4)10/h2-3H,1H3,(H,12,13). The maximum Gasteiger partial charge on any atom is 0.264 e. The summed E-state index contributed by atoms with van der Waals surface area (Å²) in [5, 5.41) is 2.08. The maximum atomic E-state index is 13.1. The molecule has 0 aliphatic heterocycles. The van der Waals surface area contributed by atoms with Gasteiger partial charge in [0.2, 0.25) is 0 Å². The molecule has 0 radical (unpaired) electrons. The monoisotopic (exact) mass is 269 g/mol. The van der Waals surface area contributed by atoms with Gasteiger partial charge in [0.05, 0.1) is 5.56 Å². The number of carbonyl (C=O) groups is 1. The van der Waals surface area contributed by atoms with Crippen LogP contribution in [0.4, 0.5) is 8.78 Å². The molecule has 0 spiro atoms. The molecule has 88 valence electrons. The number of halogens is 3. The van der Waals surface area contributed by atoms with Crippen LogP contribution in [0.15, 0.2) is 17.0 Å². The van der Waals surface area contributed by atoms with E-state index in [2.05, 4.69) is 5.32 Å². The fourth-order valence-electron chi connectivity index (χ4n) is 1.02. The van der Waals surface area contributed by atoms with Crippen molar-refractivity contribution in [3.8, 4) is 0 Å². The van der Waals surface area contributed by atoms with Crippen LogP contribution < -0.4 is 5.32 Å². The first-order valence-electron chi connectivity index (χ1n) is 3.93. The Kier molecular flexibility index (Phi) is 3.49. The fraction of sp³-hybridized carbons (Fsp3) is 0.125. The number of nitrogens with one attached hydrogen (secondary N) is 1. The molecule has 4 nitrogen and oxygen atoms in total. The van der Waals surface area contributed by atoms with Crippen LogP contribution in [-0.2, 0) is 9.05 Å². The summed E-state index contributed by atoms with van der Waals surface area (Å²) in [5.41, 5.74) is -0.594. The molecule has 0 aromatic heterocycles. The highest BCUT2D eigenvalue weighted by Gasteiger charge is 2.22. The molecule has 1 aromatic rings. The molecule has 0 aliphatic rings. The molecular weight excluding hydrogens is 264 g/mol. The summed E-state index contributed by atoms with van der Waals surface area (Å²) < 4.78 is 48.0. The maximum absolute atomic E-state index is 13.1. The van der Waals surface area contributed by atoms with Crippen molar-refractivity contribution in [2.75, 3.05) is 7.05 Å². The van der Waals surface area contributed by atoms with Crippen molar-refractivity contribution >= 4 is 25.6 Å². The molecule has 1 N–H and O–H groups in total. The van der Waals surface area contributed by atoms with Gasteiger partial charge in [0.25, 0.3) is 15.0 Å². The minimum atomic E-state index is -4.36. The average molecular weight is 270 g/mol. The molecule has 8 heteroatoms. The Morgan fingerprint density at radius 1 is 1.31 bits per heavy atom. The predicted molar refractivity (Wildman–Crippen MR) is 52.8 cm³/mol. The zero-order chi connectivity index (χ0) is 12.5. The van der Waals surface area contributed by atoms with Crippen LogP contribution in [0.25, 0.3) is 0 Å². The van der Waals surface area contributed by atoms with Crippen molar-refractivity contribution < 1.29 is 22.0 Å². The average Bonchev–Trinajstić information content (AvgIpc) is 2.14. The van der Waals surface area contributed by atoms with Crippen LogP contribution in [0.1, 0.15) is 10.4 Å². The highest BCUT2D eigenvalue weighted by atomic mass is 35.7. The molecule has 0 heterocycles. The lowest BCUT2D eigenvalue weighted by Crippen LogP contribution is -2.20. The summed E-state index contributed by atoms with van der Waals surface area (Å²) >= 11 is 0. The lowest BCUT2D eigenvalue weighted by atomic mass is 10.2. The van der Waals surface area contributed by atoms with Gasteiger partial charge in [-0.05, 0) is 6.07 Å². The first kappa shape index (κ1) is 12.9. The molecule has 0 saturated heterocycles. The quantitative estimate of drug-likeness (QED) is 0.822. The highest BCUT2D eigenvalue weighted by molar-refractivity contribution is 8.13. The fourth-order valence-corrected chi connectivity index (χ4v) is 1.93. The topological polar surface area (TPSA) is 63.2 Å². The Labute approximate surface area is 94.6 Å². The second kappa shape index (κ2) is 4.34. The third-order valence-corrected chi connectivity index (χ3v) is 3.09. The second-order valence-electron chi connectivity index (χ2n) is 2.78. The Balaban J connectivity index is 3.51. The van der Waals surface area contributed by atoms with Gasteiger partial charge in [-0.2, -0.15) is 0 Å². The van der Waals surface area contributed by atoms with Crippen molar-refractivity contribution in [2.24, 2.45) is 0 Å². The Morgan fingerprint density at radius 3 is 2.31 bits per heavy atom. The molecule has 0 fully saturated rings. The summed E-state index contributed by atoms with van der Waals surface area (Å²) in [7, 11) is 1.77. The summed E-state index contributed by atoms with van der Waals surface area (Å²) in [5.74, 6) is -3.39. The normalized spacial score (nSPS) is 11.2. The van der Waals surface area contributed by atoms with Gasteiger partial charge in [-0.15, -0.1) is 0 Å². The molecular formula is C8H6ClF2NO3S. The number of amides is 1. The van der Waals surface area contributed by atoms with E-state index < -0.39 is 37.1 Å². The van der Waals surface area contributed by atoms with Crippen molar-refractivity contribution in [3.05, 3.63) is 29.3 Å². The lowest BCUT2D eigenvalue weighted by Gasteiger charge is -2.04. The van der Waals surface area contributed by atoms with E-state index in [1.807, 2.05) is 0 Å². The number of rotatable bonds is 2. The van der Waals surface area contributed by atoms with Crippen LogP contribution in [0.5, 0.6) is 0 Å². The van der Waals surface area contributed by atoms with E-state index in [0.29, 0.717) is 12.1 Å². The van der Waals surface area contributed by atoms with Gasteiger partial charge in [-0.3, -0.25) is 4.79 Å². The minimum Gasteiger partial charge on any atom is -0.355 e. The van der Waals surface area contributed by atoms with Crippen molar-refractivity contribution in [2.45, 2.75) is 4.90 Å². The summed E-state index contributed by atoms with van der Waals surface area (Å²) in [6, 6.07) is 0.839. The molecule has 0 unspecified atom stereocenters. The second-order valence-corrected chi connectivity index (χ2v) is 5.31. The van der Waals surface area contributed by atoms with Gasteiger partial charge in [0.1, 0.15) is 16.5 Å². The van der Waals surface area contributed by atoms with Gasteiger partial charge in [-0.25, -0.2) is 17.2 Å². The van der Waals surface area contributed by atoms with E-state index in [1.165, 1.54) is 7.05 Å². The van der Waals surface area contributed by atoms with Crippen LogP contribution in [0, 0.1) is 11.6 Å².